The highest BCUT2D eigenvalue weighted by Crippen LogP contribution is 2.13. The van der Waals surface area contributed by atoms with Gasteiger partial charge in [0.25, 0.3) is 0 Å². The van der Waals surface area contributed by atoms with Crippen LogP contribution in [0.25, 0.3) is 0 Å². The van der Waals surface area contributed by atoms with Gasteiger partial charge >= 0.3 is 0 Å². The molecule has 0 unspecified atom stereocenters. The first kappa shape index (κ1) is 19.7. The number of amides is 1. The summed E-state index contributed by atoms with van der Waals surface area (Å²) in [4.78, 5) is 16.6. The molecule has 1 amide bonds. The zero-order valence-electron chi connectivity index (χ0n) is 15.4. The second-order valence-corrected chi connectivity index (χ2v) is 6.65. The fourth-order valence-electron chi connectivity index (χ4n) is 3.20. The van der Waals surface area contributed by atoms with Gasteiger partial charge in [-0.05, 0) is 25.5 Å². The maximum absolute atomic E-state index is 12.1. The van der Waals surface area contributed by atoms with Crippen LogP contribution < -0.4 is 10.1 Å². The number of rotatable bonds is 9. The lowest BCUT2D eigenvalue weighted by Gasteiger charge is -2.41. The number of β-amino-alcohol motifs (C(OH)–C–C–N with tert-alkyl or cyclic N) is 1. The maximum Gasteiger partial charge on any atom is 0.234 e. The van der Waals surface area contributed by atoms with Crippen molar-refractivity contribution in [3.63, 3.8) is 0 Å². The third kappa shape index (κ3) is 7.02. The Labute approximate surface area is 150 Å². The van der Waals surface area contributed by atoms with E-state index in [4.69, 9.17) is 4.74 Å². The number of para-hydroxylation sites is 1. The summed E-state index contributed by atoms with van der Waals surface area (Å²) in [5, 5.41) is 12.5. The van der Waals surface area contributed by atoms with Gasteiger partial charge < -0.3 is 15.2 Å². The van der Waals surface area contributed by atoms with E-state index in [1.165, 1.54) is 0 Å². The van der Waals surface area contributed by atoms with Crippen molar-refractivity contribution in [2.45, 2.75) is 32.4 Å². The predicted molar refractivity (Wildman–Crippen MR) is 98.7 cm³/mol. The molecule has 25 heavy (non-hydrogen) atoms. The molecule has 1 heterocycles. The first-order valence-corrected chi connectivity index (χ1v) is 9.17. The van der Waals surface area contributed by atoms with Gasteiger partial charge in [-0.2, -0.15) is 0 Å². The smallest absolute Gasteiger partial charge is 0.234 e. The molecule has 0 radical (unpaired) electrons. The summed E-state index contributed by atoms with van der Waals surface area (Å²) in [6.45, 7) is 8.71. The monoisotopic (exact) mass is 349 g/mol. The molecule has 6 heteroatoms. The van der Waals surface area contributed by atoms with Crippen molar-refractivity contribution in [3.8, 4) is 5.75 Å². The summed E-state index contributed by atoms with van der Waals surface area (Å²) >= 11 is 0. The fraction of sp³-hybridized carbons (Fsp3) is 0.632. The SMILES string of the molecule is CC[C@H]1CN(CC(=O)NCCOc2ccccc2)CCN1C[C@@H](C)O. The minimum absolute atomic E-state index is 0.0375. The summed E-state index contributed by atoms with van der Waals surface area (Å²) in [7, 11) is 0. The number of nitrogens with zero attached hydrogens (tertiary/aromatic N) is 2. The second-order valence-electron chi connectivity index (χ2n) is 6.65. The van der Waals surface area contributed by atoms with Gasteiger partial charge in [-0.3, -0.25) is 14.6 Å². The van der Waals surface area contributed by atoms with Crippen LogP contribution in [0, 0.1) is 0 Å². The third-order valence-electron chi connectivity index (χ3n) is 4.46. The number of aliphatic hydroxyl groups is 1. The molecular weight excluding hydrogens is 318 g/mol. The van der Waals surface area contributed by atoms with Crippen LogP contribution in [-0.2, 0) is 4.79 Å². The van der Waals surface area contributed by atoms with Crippen LogP contribution in [0.5, 0.6) is 5.75 Å². The molecule has 2 rings (SSSR count). The molecule has 1 aliphatic heterocycles. The Bertz CT molecular complexity index is 510. The van der Waals surface area contributed by atoms with Gasteiger partial charge in [0, 0.05) is 32.2 Å². The van der Waals surface area contributed by atoms with Crippen molar-refractivity contribution in [2.75, 3.05) is 45.9 Å². The van der Waals surface area contributed by atoms with Crippen molar-refractivity contribution >= 4 is 5.91 Å². The summed E-state index contributed by atoms with van der Waals surface area (Å²) < 4.78 is 5.57. The van der Waals surface area contributed by atoms with Gasteiger partial charge in [0.15, 0.2) is 0 Å². The molecule has 1 aromatic rings. The number of ether oxygens (including phenoxy) is 1. The fourth-order valence-corrected chi connectivity index (χ4v) is 3.20. The van der Waals surface area contributed by atoms with E-state index < -0.39 is 0 Å². The number of hydrogen-bond donors (Lipinski definition) is 2. The maximum atomic E-state index is 12.1. The Morgan fingerprint density at radius 3 is 2.80 bits per heavy atom. The molecule has 0 saturated carbocycles. The van der Waals surface area contributed by atoms with Gasteiger partial charge in [-0.25, -0.2) is 0 Å². The Kier molecular flexibility index (Phi) is 8.18. The zero-order chi connectivity index (χ0) is 18.1. The molecule has 1 fully saturated rings. The molecule has 2 atom stereocenters. The van der Waals surface area contributed by atoms with Crippen molar-refractivity contribution in [3.05, 3.63) is 30.3 Å². The Hall–Kier alpha value is -1.63. The van der Waals surface area contributed by atoms with Crippen LogP contribution in [0.2, 0.25) is 0 Å². The van der Waals surface area contributed by atoms with Crippen molar-refractivity contribution in [1.29, 1.82) is 0 Å². The first-order valence-electron chi connectivity index (χ1n) is 9.17. The Balaban J connectivity index is 1.65. The van der Waals surface area contributed by atoms with Crippen molar-refractivity contribution in [2.24, 2.45) is 0 Å². The molecule has 0 aliphatic carbocycles. The van der Waals surface area contributed by atoms with Gasteiger partial charge in [-0.15, -0.1) is 0 Å². The van der Waals surface area contributed by atoms with Gasteiger partial charge in [0.05, 0.1) is 19.2 Å². The van der Waals surface area contributed by atoms with E-state index in [1.54, 1.807) is 0 Å². The highest BCUT2D eigenvalue weighted by atomic mass is 16.5. The summed E-state index contributed by atoms with van der Waals surface area (Å²) in [6.07, 6.45) is 0.712. The standard InChI is InChI=1S/C19H31N3O3/c1-3-17-14-21(10-11-22(17)13-16(2)23)15-19(24)20-9-12-25-18-7-5-4-6-8-18/h4-8,16-17,23H,3,9-15H2,1-2H3,(H,20,24)/t16-,17+/m1/s1. The first-order chi connectivity index (χ1) is 12.1. The van der Waals surface area contributed by atoms with Crippen LogP contribution in [0.15, 0.2) is 30.3 Å². The van der Waals surface area contributed by atoms with Gasteiger partial charge in [0.1, 0.15) is 12.4 Å². The molecular formula is C19H31N3O3. The van der Waals surface area contributed by atoms with Crippen LogP contribution in [0.4, 0.5) is 0 Å². The summed E-state index contributed by atoms with van der Waals surface area (Å²) in [5.74, 6) is 0.854. The average Bonchev–Trinajstić information content (AvgIpc) is 2.60. The minimum Gasteiger partial charge on any atom is -0.492 e. The molecule has 1 aromatic carbocycles. The molecule has 6 nitrogen and oxygen atoms in total. The van der Waals surface area contributed by atoms with E-state index in [0.29, 0.717) is 32.3 Å². The van der Waals surface area contributed by atoms with Crippen LogP contribution in [0.3, 0.4) is 0 Å². The highest BCUT2D eigenvalue weighted by molar-refractivity contribution is 5.78. The predicted octanol–water partition coefficient (Wildman–Crippen LogP) is 0.959. The number of benzene rings is 1. The summed E-state index contributed by atoms with van der Waals surface area (Å²) in [6, 6.07) is 10.0. The molecule has 0 aromatic heterocycles. The van der Waals surface area contributed by atoms with E-state index in [9.17, 15) is 9.90 Å². The third-order valence-corrected chi connectivity index (χ3v) is 4.46. The normalized spacial score (nSPS) is 20.2. The van der Waals surface area contributed by atoms with Crippen LogP contribution in [0.1, 0.15) is 20.3 Å². The highest BCUT2D eigenvalue weighted by Gasteiger charge is 2.27. The van der Waals surface area contributed by atoms with Crippen LogP contribution in [-0.4, -0.2) is 78.8 Å². The van der Waals surface area contributed by atoms with E-state index >= 15 is 0 Å². The second kappa shape index (κ2) is 10.4. The number of aliphatic hydroxyl groups excluding tert-OH is 1. The van der Waals surface area contributed by atoms with E-state index in [2.05, 4.69) is 22.0 Å². The molecule has 1 saturated heterocycles. The number of carbonyl (C=O) groups excluding carboxylic acids is 1. The van der Waals surface area contributed by atoms with Gasteiger partial charge in [-0.1, -0.05) is 25.1 Å². The topological polar surface area (TPSA) is 65.0 Å². The molecule has 2 N–H and O–H groups in total. The largest absolute Gasteiger partial charge is 0.492 e. The van der Waals surface area contributed by atoms with Crippen LogP contribution >= 0.6 is 0 Å². The lowest BCUT2D eigenvalue weighted by atomic mass is 10.1. The number of piperazine rings is 1. The molecule has 1 aliphatic rings. The van der Waals surface area contributed by atoms with E-state index in [1.807, 2.05) is 37.3 Å². The van der Waals surface area contributed by atoms with E-state index in [-0.39, 0.29) is 12.0 Å². The number of nitrogens with one attached hydrogen (secondary N) is 1. The number of carbonyl (C=O) groups is 1. The lowest BCUT2D eigenvalue weighted by Crippen LogP contribution is -2.56. The molecule has 0 spiro atoms. The lowest BCUT2D eigenvalue weighted by molar-refractivity contribution is -0.123. The number of hydrogen-bond acceptors (Lipinski definition) is 5. The van der Waals surface area contributed by atoms with Crippen molar-refractivity contribution < 1.29 is 14.6 Å². The quantitative estimate of drug-likeness (QED) is 0.650. The molecule has 0 bridgehead atoms. The minimum atomic E-state index is -0.312. The van der Waals surface area contributed by atoms with Gasteiger partial charge in [0.2, 0.25) is 5.91 Å². The average molecular weight is 349 g/mol. The summed E-state index contributed by atoms with van der Waals surface area (Å²) in [5.41, 5.74) is 0. The Morgan fingerprint density at radius 2 is 2.12 bits per heavy atom. The van der Waals surface area contributed by atoms with E-state index in [0.717, 1.165) is 31.8 Å². The zero-order valence-corrected chi connectivity index (χ0v) is 15.4. The van der Waals surface area contributed by atoms with Crippen molar-refractivity contribution in [1.82, 2.24) is 15.1 Å². The molecule has 140 valence electrons. The Morgan fingerprint density at radius 1 is 1.36 bits per heavy atom.